The van der Waals surface area contributed by atoms with Crippen molar-refractivity contribution in [3.8, 4) is 33.0 Å². The van der Waals surface area contributed by atoms with E-state index in [1.165, 1.54) is 11.3 Å². The fourth-order valence-electron chi connectivity index (χ4n) is 5.36. The van der Waals surface area contributed by atoms with Crippen molar-refractivity contribution in [1.29, 1.82) is 0 Å². The number of thiazole rings is 1. The molecule has 1 aliphatic rings. The van der Waals surface area contributed by atoms with Gasteiger partial charge in [0.1, 0.15) is 5.01 Å². The van der Waals surface area contributed by atoms with E-state index >= 15 is 0 Å². The lowest BCUT2D eigenvalue weighted by molar-refractivity contribution is -0.160. The lowest BCUT2D eigenvalue weighted by atomic mass is 9.91. The monoisotopic (exact) mass is 597 g/mol. The molecule has 3 aromatic carbocycles. The number of fused-ring (bicyclic) bond motifs is 2. The molecule has 0 unspecified atom stereocenters. The molecule has 212 valence electrons. The zero-order valence-corrected chi connectivity index (χ0v) is 25.1. The summed E-state index contributed by atoms with van der Waals surface area (Å²) in [5.74, 6) is -1.09. The van der Waals surface area contributed by atoms with E-state index in [2.05, 4.69) is 10.3 Å². The summed E-state index contributed by atoms with van der Waals surface area (Å²) in [4.78, 5) is 34.3. The Kier molecular flexibility index (Phi) is 7.09. The second-order valence-electron chi connectivity index (χ2n) is 11.3. The number of ether oxygens (including phenoxy) is 1. The summed E-state index contributed by atoms with van der Waals surface area (Å²) in [5.41, 5.74) is 7.29. The van der Waals surface area contributed by atoms with E-state index in [9.17, 15) is 14.7 Å². The molecule has 0 aliphatic carbocycles. The van der Waals surface area contributed by atoms with Gasteiger partial charge in [-0.2, -0.15) is 0 Å². The van der Waals surface area contributed by atoms with Crippen molar-refractivity contribution in [2.45, 2.75) is 45.8 Å². The summed E-state index contributed by atoms with van der Waals surface area (Å²) in [6.45, 7) is 7.43. The first-order chi connectivity index (χ1) is 20.0. The molecule has 3 heterocycles. The van der Waals surface area contributed by atoms with Gasteiger partial charge in [0.25, 0.3) is 0 Å². The van der Waals surface area contributed by atoms with Gasteiger partial charge >= 0.3 is 5.97 Å². The molecule has 2 aromatic heterocycles. The van der Waals surface area contributed by atoms with Crippen LogP contribution in [0, 0.1) is 6.92 Å². The molecule has 42 heavy (non-hydrogen) atoms. The number of rotatable bonds is 6. The van der Waals surface area contributed by atoms with Gasteiger partial charge in [-0.1, -0.05) is 35.9 Å². The largest absolute Gasteiger partial charge is 0.479 e. The lowest BCUT2D eigenvalue weighted by Crippen LogP contribution is -2.28. The summed E-state index contributed by atoms with van der Waals surface area (Å²) in [6, 6.07) is 19.0. The average molecular weight is 598 g/mol. The van der Waals surface area contributed by atoms with Crippen molar-refractivity contribution in [2.24, 2.45) is 0 Å². The van der Waals surface area contributed by atoms with Gasteiger partial charge in [-0.05, 0) is 80.8 Å². The van der Waals surface area contributed by atoms with Gasteiger partial charge in [-0.25, -0.2) is 9.78 Å². The number of carboxylic acids is 1. The molecule has 0 radical (unpaired) electrons. The molecule has 0 bridgehead atoms. The number of nitrogens with zero attached hydrogens (tertiary/aromatic N) is 2. The molecule has 1 atom stereocenters. The molecule has 9 heteroatoms. The van der Waals surface area contributed by atoms with Crippen LogP contribution in [0.25, 0.3) is 43.2 Å². The van der Waals surface area contributed by atoms with Gasteiger partial charge in [-0.3, -0.25) is 9.78 Å². The van der Waals surface area contributed by atoms with Crippen molar-refractivity contribution < 1.29 is 19.4 Å². The number of hydrogen-bond acceptors (Lipinski definition) is 6. The number of carbonyl (C=O) groups is 2. The van der Waals surface area contributed by atoms with Crippen LogP contribution < -0.4 is 5.32 Å². The minimum atomic E-state index is -1.19. The predicted molar refractivity (Wildman–Crippen MR) is 167 cm³/mol. The van der Waals surface area contributed by atoms with Gasteiger partial charge in [0.2, 0.25) is 5.91 Å². The van der Waals surface area contributed by atoms with Crippen LogP contribution in [0.2, 0.25) is 5.02 Å². The van der Waals surface area contributed by atoms with Gasteiger partial charge in [-0.15, -0.1) is 11.3 Å². The third-order valence-corrected chi connectivity index (χ3v) is 8.48. The van der Waals surface area contributed by atoms with E-state index in [-0.39, 0.29) is 5.91 Å². The molecule has 1 aliphatic heterocycles. The molecule has 5 aromatic rings. The highest BCUT2D eigenvalue weighted by atomic mass is 35.5. The van der Waals surface area contributed by atoms with E-state index in [1.54, 1.807) is 18.3 Å². The third-order valence-electron chi connectivity index (χ3n) is 7.09. The fourth-order valence-corrected chi connectivity index (χ4v) is 6.61. The quantitative estimate of drug-likeness (QED) is 0.205. The Hall–Kier alpha value is -4.11. The molecule has 0 saturated heterocycles. The Balaban J connectivity index is 1.54. The summed E-state index contributed by atoms with van der Waals surface area (Å²) < 4.78 is 6.97. The molecule has 0 spiro atoms. The van der Waals surface area contributed by atoms with Gasteiger partial charge in [0.05, 0.1) is 27.9 Å². The number of aliphatic carboxylic acids is 1. The van der Waals surface area contributed by atoms with Crippen LogP contribution in [0.4, 0.5) is 5.69 Å². The summed E-state index contributed by atoms with van der Waals surface area (Å²) >= 11 is 7.71. The van der Waals surface area contributed by atoms with Crippen LogP contribution in [0.15, 0.2) is 66.9 Å². The smallest absolute Gasteiger partial charge is 0.337 e. The van der Waals surface area contributed by atoms with Crippen LogP contribution in [0.5, 0.6) is 0 Å². The topological polar surface area (TPSA) is 101 Å². The second-order valence-corrected chi connectivity index (χ2v) is 12.7. The highest BCUT2D eigenvalue weighted by Crippen LogP contribution is 2.45. The molecule has 1 amide bonds. The Morgan fingerprint density at radius 3 is 2.57 bits per heavy atom. The number of amides is 1. The van der Waals surface area contributed by atoms with Crippen molar-refractivity contribution in [3.63, 3.8) is 0 Å². The number of halogens is 1. The highest BCUT2D eigenvalue weighted by Gasteiger charge is 2.32. The predicted octanol–water partition coefficient (Wildman–Crippen LogP) is 8.09. The normalized spacial score (nSPS) is 13.7. The standard InChI is InChI=1S/C33H28ClN3O4S/c1-17-14-25-30(28(18-8-10-20(34)11-9-18)27(17)29(32(39)40)41-33(2,3)4)42-31(37-25)19-12-13-35-24(15-19)21-6-5-7-23-22(21)16-26(38)36-23/h5-15,29H,16H2,1-4H3,(H,36,38)(H,39,40)/t29-/m0/s1. The second kappa shape index (κ2) is 10.6. The van der Waals surface area contributed by atoms with Gasteiger partial charge in [0.15, 0.2) is 6.10 Å². The summed E-state index contributed by atoms with van der Waals surface area (Å²) in [6.07, 6.45) is 0.871. The van der Waals surface area contributed by atoms with Crippen LogP contribution in [0.1, 0.15) is 43.6 Å². The fraction of sp³-hybridized carbons (Fsp3) is 0.212. The SMILES string of the molecule is Cc1cc2nc(-c3ccnc(-c4cccc5c4CC(=O)N5)c3)sc2c(-c2ccc(Cl)cc2)c1[C@H](OC(C)(C)C)C(=O)O. The Bertz CT molecular complexity index is 1880. The molecule has 7 nitrogen and oxygen atoms in total. The first kappa shape index (κ1) is 28.0. The molecule has 6 rings (SSSR count). The van der Waals surface area contributed by atoms with E-state index in [1.807, 2.05) is 76.2 Å². The zero-order chi connectivity index (χ0) is 29.8. The van der Waals surface area contributed by atoms with Crippen molar-refractivity contribution >= 4 is 50.7 Å². The molecular formula is C33H28ClN3O4S. The Labute approximate surface area is 252 Å². The average Bonchev–Trinajstić information content (AvgIpc) is 3.53. The highest BCUT2D eigenvalue weighted by molar-refractivity contribution is 7.22. The lowest BCUT2D eigenvalue weighted by Gasteiger charge is -2.28. The maximum absolute atomic E-state index is 12.6. The third kappa shape index (κ3) is 5.29. The maximum atomic E-state index is 12.6. The number of benzene rings is 3. The minimum Gasteiger partial charge on any atom is -0.479 e. The minimum absolute atomic E-state index is 0.0317. The van der Waals surface area contributed by atoms with Crippen LogP contribution in [-0.4, -0.2) is 32.6 Å². The molecule has 0 fully saturated rings. The van der Waals surface area contributed by atoms with E-state index in [0.29, 0.717) is 17.0 Å². The van der Waals surface area contributed by atoms with Crippen LogP contribution in [0.3, 0.4) is 0 Å². The zero-order valence-electron chi connectivity index (χ0n) is 23.5. The Morgan fingerprint density at radius 1 is 1.10 bits per heavy atom. The number of carboxylic acid groups (broad SMARTS) is 1. The van der Waals surface area contributed by atoms with E-state index in [4.69, 9.17) is 21.3 Å². The van der Waals surface area contributed by atoms with Crippen molar-refractivity contribution in [2.75, 3.05) is 5.32 Å². The summed E-state index contributed by atoms with van der Waals surface area (Å²) in [7, 11) is 0. The van der Waals surface area contributed by atoms with E-state index < -0.39 is 17.7 Å². The van der Waals surface area contributed by atoms with Gasteiger partial charge in [0, 0.05) is 39.2 Å². The number of aryl methyl sites for hydroxylation is 1. The van der Waals surface area contributed by atoms with Crippen LogP contribution >= 0.6 is 22.9 Å². The molecular weight excluding hydrogens is 570 g/mol. The Morgan fingerprint density at radius 2 is 1.86 bits per heavy atom. The maximum Gasteiger partial charge on any atom is 0.337 e. The van der Waals surface area contributed by atoms with E-state index in [0.717, 1.165) is 60.0 Å². The number of anilines is 1. The van der Waals surface area contributed by atoms with Gasteiger partial charge < -0.3 is 15.2 Å². The first-order valence-electron chi connectivity index (χ1n) is 13.5. The number of aromatic nitrogens is 2. The van der Waals surface area contributed by atoms with Crippen molar-refractivity contribution in [3.05, 3.63) is 88.6 Å². The first-order valence-corrected chi connectivity index (χ1v) is 14.7. The molecule has 2 N–H and O–H groups in total. The summed E-state index contributed by atoms with van der Waals surface area (Å²) in [5, 5.41) is 14.6. The number of carbonyl (C=O) groups excluding carboxylic acids is 1. The van der Waals surface area contributed by atoms with Crippen LogP contribution in [-0.2, 0) is 20.7 Å². The number of pyridine rings is 1. The number of nitrogens with one attached hydrogen (secondary N) is 1. The molecule has 0 saturated carbocycles. The van der Waals surface area contributed by atoms with Crippen molar-refractivity contribution in [1.82, 2.24) is 9.97 Å². The number of hydrogen-bond donors (Lipinski definition) is 2.